The molecule has 18 heavy (non-hydrogen) atoms. The molecule has 0 bridgehead atoms. The third-order valence-corrected chi connectivity index (χ3v) is 2.99. The Hall–Kier alpha value is -1.39. The predicted octanol–water partition coefficient (Wildman–Crippen LogP) is 2.07. The van der Waals surface area contributed by atoms with Gasteiger partial charge in [-0.1, -0.05) is 0 Å². The van der Waals surface area contributed by atoms with Crippen LogP contribution in [0.25, 0.3) is 0 Å². The van der Waals surface area contributed by atoms with Gasteiger partial charge in [-0.2, -0.15) is 0 Å². The van der Waals surface area contributed by atoms with E-state index in [-0.39, 0.29) is 11.9 Å². The minimum Gasteiger partial charge on any atom is -0.497 e. The van der Waals surface area contributed by atoms with E-state index in [4.69, 9.17) is 14.2 Å². The summed E-state index contributed by atoms with van der Waals surface area (Å²) in [7, 11) is 1.61. The molecule has 0 amide bonds. The molecule has 1 atom stereocenters. The first kappa shape index (κ1) is 13.1. The minimum absolute atomic E-state index is 0.0564. The van der Waals surface area contributed by atoms with Crippen LogP contribution in [-0.2, 0) is 9.47 Å². The van der Waals surface area contributed by atoms with Gasteiger partial charge in [0.2, 0.25) is 0 Å². The van der Waals surface area contributed by atoms with Crippen molar-refractivity contribution in [1.82, 2.24) is 0 Å². The second-order valence-electron chi connectivity index (χ2n) is 4.26. The van der Waals surface area contributed by atoms with E-state index >= 15 is 0 Å². The normalized spacial score (nSPS) is 19.5. The standard InChI is InChI=1S/C14H18O4/c1-16-12-4-2-11(3-5-12)14(15)7-6-13-10-17-8-9-18-13/h2-5,13H,6-10H2,1H3. The van der Waals surface area contributed by atoms with Crippen molar-refractivity contribution < 1.29 is 19.0 Å². The number of ketones is 1. The summed E-state index contributed by atoms with van der Waals surface area (Å²) in [5.74, 6) is 0.891. The number of Topliss-reactive ketones (excluding diaryl/α,β-unsaturated/α-hetero) is 1. The summed E-state index contributed by atoms with van der Waals surface area (Å²) in [6.45, 7) is 1.88. The minimum atomic E-state index is 0.0564. The van der Waals surface area contributed by atoms with Gasteiger partial charge in [0.1, 0.15) is 5.75 Å². The Kier molecular flexibility index (Phi) is 4.73. The molecule has 0 N–H and O–H groups in total. The topological polar surface area (TPSA) is 44.8 Å². The maximum Gasteiger partial charge on any atom is 0.162 e. The van der Waals surface area contributed by atoms with Crippen LogP contribution in [0.2, 0.25) is 0 Å². The molecule has 0 aliphatic carbocycles. The quantitative estimate of drug-likeness (QED) is 0.750. The fraction of sp³-hybridized carbons (Fsp3) is 0.500. The molecule has 0 spiro atoms. The molecule has 1 aromatic carbocycles. The van der Waals surface area contributed by atoms with Crippen molar-refractivity contribution in [1.29, 1.82) is 0 Å². The zero-order valence-corrected chi connectivity index (χ0v) is 10.6. The van der Waals surface area contributed by atoms with E-state index in [1.807, 2.05) is 0 Å². The number of carbonyl (C=O) groups is 1. The Balaban J connectivity index is 1.82. The molecule has 1 unspecified atom stereocenters. The Morgan fingerprint density at radius 3 is 2.72 bits per heavy atom. The third kappa shape index (κ3) is 3.55. The monoisotopic (exact) mass is 250 g/mol. The van der Waals surface area contributed by atoms with Gasteiger partial charge in [-0.05, 0) is 30.7 Å². The Labute approximate surface area is 107 Å². The van der Waals surface area contributed by atoms with E-state index < -0.39 is 0 Å². The van der Waals surface area contributed by atoms with E-state index in [1.54, 1.807) is 31.4 Å². The summed E-state index contributed by atoms with van der Waals surface area (Å²) >= 11 is 0. The van der Waals surface area contributed by atoms with Gasteiger partial charge in [-0.25, -0.2) is 0 Å². The van der Waals surface area contributed by atoms with Crippen LogP contribution >= 0.6 is 0 Å². The van der Waals surface area contributed by atoms with Crippen molar-refractivity contribution in [2.45, 2.75) is 18.9 Å². The number of hydrogen-bond acceptors (Lipinski definition) is 4. The number of carbonyl (C=O) groups excluding carboxylic acids is 1. The highest BCUT2D eigenvalue weighted by Crippen LogP contribution is 2.15. The van der Waals surface area contributed by atoms with Gasteiger partial charge in [0.25, 0.3) is 0 Å². The van der Waals surface area contributed by atoms with Gasteiger partial charge < -0.3 is 14.2 Å². The van der Waals surface area contributed by atoms with Crippen molar-refractivity contribution >= 4 is 5.78 Å². The van der Waals surface area contributed by atoms with E-state index in [2.05, 4.69) is 0 Å². The van der Waals surface area contributed by atoms with Gasteiger partial charge in [0, 0.05) is 12.0 Å². The Bertz CT molecular complexity index is 379. The van der Waals surface area contributed by atoms with E-state index in [9.17, 15) is 4.79 Å². The fourth-order valence-corrected chi connectivity index (χ4v) is 1.92. The van der Waals surface area contributed by atoms with E-state index in [0.717, 1.165) is 5.75 Å². The molecular formula is C14H18O4. The maximum absolute atomic E-state index is 11.9. The first-order valence-corrected chi connectivity index (χ1v) is 6.16. The molecule has 1 aliphatic heterocycles. The SMILES string of the molecule is COc1ccc(C(=O)CCC2COCCO2)cc1. The summed E-state index contributed by atoms with van der Waals surface area (Å²) in [4.78, 5) is 11.9. The molecule has 98 valence electrons. The zero-order valence-electron chi connectivity index (χ0n) is 10.6. The lowest BCUT2D eigenvalue weighted by Gasteiger charge is -2.22. The molecule has 0 saturated carbocycles. The second-order valence-corrected chi connectivity index (χ2v) is 4.26. The molecule has 4 heteroatoms. The van der Waals surface area contributed by atoms with Gasteiger partial charge in [-0.3, -0.25) is 4.79 Å². The average molecular weight is 250 g/mol. The van der Waals surface area contributed by atoms with Crippen molar-refractivity contribution in [3.8, 4) is 5.75 Å². The van der Waals surface area contributed by atoms with Crippen molar-refractivity contribution in [3.63, 3.8) is 0 Å². The van der Waals surface area contributed by atoms with E-state index in [1.165, 1.54) is 0 Å². The summed E-state index contributed by atoms with van der Waals surface area (Å²) < 4.78 is 15.9. The molecule has 1 aliphatic rings. The van der Waals surface area contributed by atoms with Crippen LogP contribution in [0.15, 0.2) is 24.3 Å². The van der Waals surface area contributed by atoms with Gasteiger partial charge in [0.15, 0.2) is 5.78 Å². The summed E-state index contributed by atoms with van der Waals surface area (Å²) in [6, 6.07) is 7.18. The first-order chi connectivity index (χ1) is 8.79. The van der Waals surface area contributed by atoms with Crippen LogP contribution in [0.4, 0.5) is 0 Å². The van der Waals surface area contributed by atoms with E-state index in [0.29, 0.717) is 38.2 Å². The highest BCUT2D eigenvalue weighted by atomic mass is 16.6. The first-order valence-electron chi connectivity index (χ1n) is 6.16. The lowest BCUT2D eigenvalue weighted by atomic mass is 10.0. The molecule has 2 rings (SSSR count). The summed E-state index contributed by atoms with van der Waals surface area (Å²) in [6.07, 6.45) is 1.26. The van der Waals surface area contributed by atoms with Crippen molar-refractivity contribution in [2.24, 2.45) is 0 Å². The number of rotatable bonds is 5. The van der Waals surface area contributed by atoms with Gasteiger partial charge in [0.05, 0.1) is 33.0 Å². The summed E-state index contributed by atoms with van der Waals surface area (Å²) in [5.41, 5.74) is 0.715. The molecule has 1 aromatic rings. The van der Waals surface area contributed by atoms with Crippen LogP contribution in [0.5, 0.6) is 5.75 Å². The van der Waals surface area contributed by atoms with Crippen molar-refractivity contribution in [2.75, 3.05) is 26.9 Å². The number of methoxy groups -OCH3 is 1. The highest BCUT2D eigenvalue weighted by Gasteiger charge is 2.16. The van der Waals surface area contributed by atoms with Gasteiger partial charge >= 0.3 is 0 Å². The lowest BCUT2D eigenvalue weighted by Crippen LogP contribution is -2.29. The van der Waals surface area contributed by atoms with Gasteiger partial charge in [-0.15, -0.1) is 0 Å². The smallest absolute Gasteiger partial charge is 0.162 e. The third-order valence-electron chi connectivity index (χ3n) is 2.99. The molecule has 0 radical (unpaired) electrons. The van der Waals surface area contributed by atoms with Crippen LogP contribution in [0.1, 0.15) is 23.2 Å². The lowest BCUT2D eigenvalue weighted by molar-refractivity contribution is -0.0902. The van der Waals surface area contributed by atoms with Crippen molar-refractivity contribution in [3.05, 3.63) is 29.8 Å². The maximum atomic E-state index is 11.9. The average Bonchev–Trinajstić information content (AvgIpc) is 2.46. The molecular weight excluding hydrogens is 232 g/mol. The van der Waals surface area contributed by atoms with Crippen LogP contribution in [-0.4, -0.2) is 38.8 Å². The number of benzene rings is 1. The van der Waals surface area contributed by atoms with Crippen LogP contribution < -0.4 is 4.74 Å². The highest BCUT2D eigenvalue weighted by molar-refractivity contribution is 5.96. The number of ether oxygens (including phenoxy) is 3. The number of hydrogen-bond donors (Lipinski definition) is 0. The zero-order chi connectivity index (χ0) is 12.8. The Morgan fingerprint density at radius 1 is 1.33 bits per heavy atom. The fourth-order valence-electron chi connectivity index (χ4n) is 1.92. The largest absolute Gasteiger partial charge is 0.497 e. The Morgan fingerprint density at radius 2 is 2.11 bits per heavy atom. The molecule has 0 aromatic heterocycles. The molecule has 1 fully saturated rings. The second kappa shape index (κ2) is 6.52. The molecule has 1 heterocycles. The van der Waals surface area contributed by atoms with Crippen LogP contribution in [0.3, 0.4) is 0 Å². The molecule has 1 saturated heterocycles. The van der Waals surface area contributed by atoms with Crippen LogP contribution in [0, 0.1) is 0 Å². The predicted molar refractivity (Wildman–Crippen MR) is 67.1 cm³/mol. The summed E-state index contributed by atoms with van der Waals surface area (Å²) in [5, 5.41) is 0. The molecule has 4 nitrogen and oxygen atoms in total.